The van der Waals surface area contributed by atoms with Gasteiger partial charge in [-0.15, -0.1) is 0 Å². The summed E-state index contributed by atoms with van der Waals surface area (Å²) in [5.74, 6) is 0.452. The monoisotopic (exact) mass is 365 g/mol. The molecule has 0 atom stereocenters. The van der Waals surface area contributed by atoms with E-state index in [4.69, 9.17) is 16.3 Å². The Morgan fingerprint density at radius 1 is 1.29 bits per heavy atom. The van der Waals surface area contributed by atoms with Gasteiger partial charge in [-0.05, 0) is 30.3 Å². The summed E-state index contributed by atoms with van der Waals surface area (Å²) >= 11 is 9.36. The molecule has 0 aromatic heterocycles. The molecule has 0 saturated carbocycles. The van der Waals surface area contributed by atoms with E-state index in [-0.39, 0.29) is 5.91 Å². The van der Waals surface area contributed by atoms with Gasteiger partial charge < -0.3 is 10.1 Å². The van der Waals surface area contributed by atoms with Crippen LogP contribution in [0.1, 0.15) is 5.56 Å². The molecular formula is C16H13BrClNO2. The number of para-hydroxylation sites is 1. The Morgan fingerprint density at radius 3 is 2.76 bits per heavy atom. The molecule has 3 nitrogen and oxygen atoms in total. The van der Waals surface area contributed by atoms with E-state index < -0.39 is 0 Å². The van der Waals surface area contributed by atoms with Crippen molar-refractivity contribution in [1.82, 2.24) is 0 Å². The molecule has 2 rings (SSSR count). The third-order valence-corrected chi connectivity index (χ3v) is 3.55. The van der Waals surface area contributed by atoms with Crippen LogP contribution in [0.15, 0.2) is 53.0 Å². The standard InChI is InChI=1S/C16H13BrClNO2/c1-21-15-5-3-2-4-11(15)6-9-16(20)19-14-8-7-12(17)10-13(14)18/h2-10H,1H3,(H,19,20). The highest BCUT2D eigenvalue weighted by molar-refractivity contribution is 9.10. The Morgan fingerprint density at radius 2 is 2.05 bits per heavy atom. The van der Waals surface area contributed by atoms with Gasteiger partial charge in [-0.1, -0.05) is 45.7 Å². The lowest BCUT2D eigenvalue weighted by atomic mass is 10.2. The highest BCUT2D eigenvalue weighted by Crippen LogP contribution is 2.25. The molecule has 0 unspecified atom stereocenters. The molecule has 0 saturated heterocycles. The van der Waals surface area contributed by atoms with E-state index in [1.54, 1.807) is 25.3 Å². The van der Waals surface area contributed by atoms with Crippen LogP contribution in [0.5, 0.6) is 5.75 Å². The van der Waals surface area contributed by atoms with Crippen molar-refractivity contribution in [2.24, 2.45) is 0 Å². The Hall–Kier alpha value is -1.78. The van der Waals surface area contributed by atoms with Gasteiger partial charge >= 0.3 is 0 Å². The second-order valence-electron chi connectivity index (χ2n) is 4.19. The Bertz CT molecular complexity index is 686. The van der Waals surface area contributed by atoms with E-state index in [2.05, 4.69) is 21.2 Å². The van der Waals surface area contributed by atoms with Crippen molar-refractivity contribution in [1.29, 1.82) is 0 Å². The van der Waals surface area contributed by atoms with Crippen molar-refractivity contribution in [3.8, 4) is 5.75 Å². The van der Waals surface area contributed by atoms with E-state index in [9.17, 15) is 4.79 Å². The topological polar surface area (TPSA) is 38.3 Å². The van der Waals surface area contributed by atoms with Crippen molar-refractivity contribution in [2.75, 3.05) is 12.4 Å². The lowest BCUT2D eigenvalue weighted by Crippen LogP contribution is -2.08. The average molecular weight is 367 g/mol. The van der Waals surface area contributed by atoms with Gasteiger partial charge in [0, 0.05) is 16.1 Å². The fraction of sp³-hybridized carbons (Fsp3) is 0.0625. The smallest absolute Gasteiger partial charge is 0.248 e. The molecule has 0 aliphatic carbocycles. The normalized spacial score (nSPS) is 10.6. The van der Waals surface area contributed by atoms with Crippen LogP contribution in [0.25, 0.3) is 6.08 Å². The van der Waals surface area contributed by atoms with Crippen LogP contribution >= 0.6 is 27.5 Å². The second kappa shape index (κ2) is 7.29. The Labute approximate surface area is 136 Å². The number of hydrogen-bond acceptors (Lipinski definition) is 2. The van der Waals surface area contributed by atoms with E-state index in [0.29, 0.717) is 16.5 Å². The first kappa shape index (κ1) is 15.6. The van der Waals surface area contributed by atoms with Crippen LogP contribution in [0, 0.1) is 0 Å². The zero-order chi connectivity index (χ0) is 15.2. The number of methoxy groups -OCH3 is 1. The van der Waals surface area contributed by atoms with Crippen LogP contribution in [0.4, 0.5) is 5.69 Å². The molecule has 1 N–H and O–H groups in total. The number of hydrogen-bond donors (Lipinski definition) is 1. The minimum atomic E-state index is -0.259. The predicted octanol–water partition coefficient (Wildman–Crippen LogP) is 4.76. The second-order valence-corrected chi connectivity index (χ2v) is 5.51. The molecule has 1 amide bonds. The van der Waals surface area contributed by atoms with E-state index in [0.717, 1.165) is 10.0 Å². The number of halogens is 2. The number of amides is 1. The summed E-state index contributed by atoms with van der Waals surface area (Å²) in [7, 11) is 1.59. The van der Waals surface area contributed by atoms with Crippen LogP contribution in [0.3, 0.4) is 0 Å². The first-order chi connectivity index (χ1) is 10.1. The largest absolute Gasteiger partial charge is 0.496 e. The fourth-order valence-corrected chi connectivity index (χ4v) is 2.46. The van der Waals surface area contributed by atoms with Crippen molar-refractivity contribution < 1.29 is 9.53 Å². The van der Waals surface area contributed by atoms with Crippen molar-refractivity contribution in [3.05, 3.63) is 63.6 Å². The van der Waals surface area contributed by atoms with Gasteiger partial charge in [0.05, 0.1) is 17.8 Å². The number of benzene rings is 2. The highest BCUT2D eigenvalue weighted by atomic mass is 79.9. The summed E-state index contributed by atoms with van der Waals surface area (Å²) in [6.45, 7) is 0. The molecule has 0 heterocycles. The molecular weight excluding hydrogens is 354 g/mol. The van der Waals surface area contributed by atoms with Crippen molar-refractivity contribution >= 4 is 45.2 Å². The molecule has 0 bridgehead atoms. The summed E-state index contributed by atoms with van der Waals surface area (Å²) in [4.78, 5) is 11.9. The van der Waals surface area contributed by atoms with Gasteiger partial charge in [-0.25, -0.2) is 0 Å². The van der Waals surface area contributed by atoms with Crippen molar-refractivity contribution in [2.45, 2.75) is 0 Å². The molecule has 2 aromatic carbocycles. The molecule has 2 aromatic rings. The number of carbonyl (C=O) groups is 1. The van der Waals surface area contributed by atoms with Crippen molar-refractivity contribution in [3.63, 3.8) is 0 Å². The van der Waals surface area contributed by atoms with Crippen LogP contribution in [0.2, 0.25) is 5.02 Å². The number of rotatable bonds is 4. The van der Waals surface area contributed by atoms with Gasteiger partial charge in [-0.2, -0.15) is 0 Å². The highest BCUT2D eigenvalue weighted by Gasteiger charge is 2.04. The third-order valence-electron chi connectivity index (χ3n) is 2.74. The van der Waals surface area contributed by atoms with Gasteiger partial charge in [0.1, 0.15) is 5.75 Å². The molecule has 5 heteroatoms. The van der Waals surface area contributed by atoms with E-state index >= 15 is 0 Å². The molecule has 0 aliphatic heterocycles. The molecule has 0 spiro atoms. The Balaban J connectivity index is 2.09. The molecule has 21 heavy (non-hydrogen) atoms. The minimum absolute atomic E-state index is 0.259. The maximum Gasteiger partial charge on any atom is 0.248 e. The SMILES string of the molecule is COc1ccccc1C=CC(=O)Nc1ccc(Br)cc1Cl. The summed E-state index contributed by atoms with van der Waals surface area (Å²) in [5.41, 5.74) is 1.39. The third kappa shape index (κ3) is 4.34. The van der Waals surface area contributed by atoms with Crippen LogP contribution in [-0.2, 0) is 4.79 Å². The summed E-state index contributed by atoms with van der Waals surface area (Å²) in [5, 5.41) is 3.20. The first-order valence-corrected chi connectivity index (χ1v) is 7.34. The minimum Gasteiger partial charge on any atom is -0.496 e. The summed E-state index contributed by atoms with van der Waals surface area (Å²) in [6, 6.07) is 12.7. The predicted molar refractivity (Wildman–Crippen MR) is 89.8 cm³/mol. The number of anilines is 1. The fourth-order valence-electron chi connectivity index (χ4n) is 1.73. The molecule has 0 radical (unpaired) electrons. The summed E-state index contributed by atoms with van der Waals surface area (Å²) in [6.07, 6.45) is 3.14. The molecule has 108 valence electrons. The zero-order valence-corrected chi connectivity index (χ0v) is 13.6. The van der Waals surface area contributed by atoms with Crippen LogP contribution in [-0.4, -0.2) is 13.0 Å². The maximum atomic E-state index is 11.9. The van der Waals surface area contributed by atoms with Gasteiger partial charge in [0.25, 0.3) is 0 Å². The van der Waals surface area contributed by atoms with Gasteiger partial charge in [-0.3, -0.25) is 4.79 Å². The number of ether oxygens (including phenoxy) is 1. The molecule has 0 aliphatic rings. The Kier molecular flexibility index (Phi) is 5.42. The maximum absolute atomic E-state index is 11.9. The zero-order valence-electron chi connectivity index (χ0n) is 11.3. The first-order valence-electron chi connectivity index (χ1n) is 6.17. The van der Waals surface area contributed by atoms with Gasteiger partial charge in [0.15, 0.2) is 0 Å². The van der Waals surface area contributed by atoms with Crippen LogP contribution < -0.4 is 10.1 Å². The van der Waals surface area contributed by atoms with E-state index in [1.165, 1.54) is 6.08 Å². The number of nitrogens with one attached hydrogen (secondary N) is 1. The quantitative estimate of drug-likeness (QED) is 0.792. The number of carbonyl (C=O) groups excluding carboxylic acids is 1. The lowest BCUT2D eigenvalue weighted by Gasteiger charge is -2.06. The lowest BCUT2D eigenvalue weighted by molar-refractivity contribution is -0.111. The summed E-state index contributed by atoms with van der Waals surface area (Å²) < 4.78 is 6.08. The average Bonchev–Trinajstić information content (AvgIpc) is 2.48. The van der Waals surface area contributed by atoms with Gasteiger partial charge in [0.2, 0.25) is 5.91 Å². The van der Waals surface area contributed by atoms with E-state index in [1.807, 2.05) is 30.3 Å². The molecule has 0 fully saturated rings.